The zero-order valence-corrected chi connectivity index (χ0v) is 35.4. The number of hydrogen-bond acceptors (Lipinski definition) is 8. The molecule has 61 heavy (non-hydrogen) atoms. The third-order valence-corrected chi connectivity index (χ3v) is 12.2. The van der Waals surface area contributed by atoms with Gasteiger partial charge in [-0.1, -0.05) is 122 Å². The number of amides is 2. The predicted octanol–water partition coefficient (Wildman–Crippen LogP) is 9.21. The molecule has 7 rings (SSSR count). The van der Waals surface area contributed by atoms with Crippen LogP contribution in [0.2, 0.25) is 5.02 Å². The van der Waals surface area contributed by atoms with Crippen molar-refractivity contribution in [2.45, 2.75) is 95.0 Å². The molecule has 11 heteroatoms. The first kappa shape index (κ1) is 44.0. The molecule has 6 N–H and O–H groups in total. The van der Waals surface area contributed by atoms with Crippen molar-refractivity contribution in [2.75, 3.05) is 30.7 Å². The van der Waals surface area contributed by atoms with Gasteiger partial charge >= 0.3 is 0 Å². The van der Waals surface area contributed by atoms with Crippen LogP contribution in [0.5, 0.6) is 0 Å². The summed E-state index contributed by atoms with van der Waals surface area (Å²) < 4.78 is 13.3. The number of halogens is 1. The number of anilines is 2. The van der Waals surface area contributed by atoms with Crippen LogP contribution in [0.15, 0.2) is 121 Å². The molecule has 0 unspecified atom stereocenters. The smallest absolute Gasteiger partial charge is 0.224 e. The first-order valence-corrected chi connectivity index (χ1v) is 21.8. The van der Waals surface area contributed by atoms with Crippen molar-refractivity contribution in [2.24, 2.45) is 0 Å². The summed E-state index contributed by atoms with van der Waals surface area (Å²) in [6, 6.07) is 39.0. The van der Waals surface area contributed by atoms with Gasteiger partial charge in [0.25, 0.3) is 0 Å². The minimum Gasteiger partial charge on any atom is -0.397 e. The van der Waals surface area contributed by atoms with Crippen LogP contribution in [-0.4, -0.2) is 52.7 Å². The number of para-hydroxylation sites is 2. The molecule has 320 valence electrons. The quantitative estimate of drug-likeness (QED) is 0.0460. The second kappa shape index (κ2) is 21.1. The van der Waals surface area contributed by atoms with Crippen molar-refractivity contribution < 1.29 is 29.3 Å². The van der Waals surface area contributed by atoms with E-state index >= 15 is 0 Å². The third kappa shape index (κ3) is 12.1. The standard InChI is InChI=1S/C50H57ClN4O6/c51-41-25-23-40(24-26-41)50(59)27-29-55(30-28-50)33-42-31-46(37-17-15-35(34-56)16-18-37)61-49(60-42)38-21-19-36(20-22-38)43-10-6-5-9-39(43)32-53-47(57)13-3-1-2-4-14-48(58)54-45-12-8-7-11-44(45)52/h5-12,15-26,42,46,49,56,59H,1-4,13-14,27-34,52H2,(H,53,57)(H,54,58)/t42-,46+,49+/m0/s1. The number of hydrogen-bond donors (Lipinski definition) is 5. The van der Waals surface area contributed by atoms with Crippen LogP contribution in [0, 0.1) is 0 Å². The summed E-state index contributed by atoms with van der Waals surface area (Å²) in [4.78, 5) is 27.5. The number of ether oxygens (including phenoxy) is 2. The van der Waals surface area contributed by atoms with Gasteiger partial charge < -0.3 is 41.0 Å². The summed E-state index contributed by atoms with van der Waals surface area (Å²) >= 11 is 6.11. The van der Waals surface area contributed by atoms with Crippen molar-refractivity contribution in [1.29, 1.82) is 0 Å². The Morgan fingerprint density at radius 3 is 2.13 bits per heavy atom. The van der Waals surface area contributed by atoms with E-state index in [1.165, 1.54) is 0 Å². The SMILES string of the molecule is Nc1ccccc1NC(=O)CCCCCCC(=O)NCc1ccccc1-c1ccc([C@@H]2O[C@H](CN3CCC(O)(c4ccc(Cl)cc4)CC3)C[C@H](c3ccc(CO)cc3)O2)cc1. The zero-order chi connectivity index (χ0) is 42.6. The number of aliphatic hydroxyl groups is 2. The van der Waals surface area contributed by atoms with E-state index in [9.17, 15) is 19.8 Å². The van der Waals surface area contributed by atoms with Gasteiger partial charge in [-0.15, -0.1) is 0 Å². The predicted molar refractivity (Wildman–Crippen MR) is 240 cm³/mol. The molecule has 0 saturated carbocycles. The molecule has 2 aliphatic heterocycles. The largest absolute Gasteiger partial charge is 0.397 e. The lowest BCUT2D eigenvalue weighted by atomic mass is 9.84. The van der Waals surface area contributed by atoms with E-state index in [1.54, 1.807) is 12.1 Å². The van der Waals surface area contributed by atoms with Gasteiger partial charge in [0, 0.05) is 56.0 Å². The molecule has 2 saturated heterocycles. The van der Waals surface area contributed by atoms with Gasteiger partial charge in [-0.2, -0.15) is 0 Å². The Bertz CT molecular complexity index is 2190. The maximum absolute atomic E-state index is 12.8. The highest BCUT2D eigenvalue weighted by molar-refractivity contribution is 6.30. The Balaban J connectivity index is 0.922. The highest BCUT2D eigenvalue weighted by Gasteiger charge is 2.37. The van der Waals surface area contributed by atoms with E-state index < -0.39 is 11.9 Å². The monoisotopic (exact) mass is 844 g/mol. The second-order valence-electron chi connectivity index (χ2n) is 16.3. The minimum absolute atomic E-state index is 0.00551. The van der Waals surface area contributed by atoms with E-state index in [4.69, 9.17) is 26.8 Å². The molecule has 3 atom stereocenters. The lowest BCUT2D eigenvalue weighted by Crippen LogP contribution is -2.46. The second-order valence-corrected chi connectivity index (χ2v) is 16.7. The van der Waals surface area contributed by atoms with Gasteiger partial charge in [-0.05, 0) is 83.3 Å². The van der Waals surface area contributed by atoms with Crippen LogP contribution >= 0.6 is 11.6 Å². The normalized spacial score (nSPS) is 19.0. The lowest BCUT2D eigenvalue weighted by Gasteiger charge is -2.42. The molecule has 0 radical (unpaired) electrons. The number of carbonyl (C=O) groups excluding carboxylic acids is 2. The summed E-state index contributed by atoms with van der Waals surface area (Å²) in [6.45, 7) is 2.59. The molecule has 2 heterocycles. The Morgan fingerprint density at radius 2 is 1.43 bits per heavy atom. The molecule has 2 fully saturated rings. The van der Waals surface area contributed by atoms with Gasteiger partial charge in [0.2, 0.25) is 11.8 Å². The fourth-order valence-corrected chi connectivity index (χ4v) is 8.41. The summed E-state index contributed by atoms with van der Waals surface area (Å²) in [5, 5.41) is 27.8. The average molecular weight is 845 g/mol. The van der Waals surface area contributed by atoms with Gasteiger partial charge in [0.05, 0.1) is 35.8 Å². The van der Waals surface area contributed by atoms with Crippen molar-refractivity contribution in [3.8, 4) is 11.1 Å². The molecule has 0 spiro atoms. The topological polar surface area (TPSA) is 146 Å². The van der Waals surface area contributed by atoms with Crippen molar-refractivity contribution in [3.05, 3.63) is 154 Å². The number of benzene rings is 5. The van der Waals surface area contributed by atoms with Crippen LogP contribution in [0.4, 0.5) is 11.4 Å². The molecule has 0 aliphatic carbocycles. The number of nitrogens with zero attached hydrogens (tertiary/aromatic N) is 1. The molecular weight excluding hydrogens is 788 g/mol. The van der Waals surface area contributed by atoms with Crippen LogP contribution < -0.4 is 16.4 Å². The van der Waals surface area contributed by atoms with E-state index in [0.29, 0.717) is 61.6 Å². The van der Waals surface area contributed by atoms with Crippen LogP contribution in [0.1, 0.15) is 98.0 Å². The Labute approximate surface area is 364 Å². The highest BCUT2D eigenvalue weighted by atomic mass is 35.5. The summed E-state index contributed by atoms with van der Waals surface area (Å²) in [6.07, 6.45) is 5.11. The molecular formula is C50H57ClN4O6. The first-order valence-electron chi connectivity index (χ1n) is 21.5. The summed E-state index contributed by atoms with van der Waals surface area (Å²) in [5.41, 5.74) is 13.0. The van der Waals surface area contributed by atoms with Gasteiger partial charge in [-0.3, -0.25) is 9.59 Å². The fraction of sp³-hybridized carbons (Fsp3) is 0.360. The average Bonchev–Trinajstić information content (AvgIpc) is 3.28. The summed E-state index contributed by atoms with van der Waals surface area (Å²) in [5.74, 6) is -0.0505. The number of likely N-dealkylation sites (tertiary alicyclic amines) is 1. The first-order chi connectivity index (χ1) is 29.7. The molecule has 5 aromatic carbocycles. The fourth-order valence-electron chi connectivity index (χ4n) is 8.28. The van der Waals surface area contributed by atoms with Crippen molar-refractivity contribution in [1.82, 2.24) is 10.2 Å². The van der Waals surface area contributed by atoms with E-state index in [1.807, 2.05) is 78.9 Å². The molecule has 5 aromatic rings. The zero-order valence-electron chi connectivity index (χ0n) is 34.6. The van der Waals surface area contributed by atoms with Gasteiger partial charge in [0.1, 0.15) is 0 Å². The third-order valence-electron chi connectivity index (χ3n) is 11.9. The number of nitrogen functional groups attached to an aromatic ring is 1. The van der Waals surface area contributed by atoms with E-state index in [2.05, 4.69) is 45.9 Å². The molecule has 2 amide bonds. The molecule has 2 aliphatic rings. The van der Waals surface area contributed by atoms with Crippen LogP contribution in [0.3, 0.4) is 0 Å². The Morgan fingerprint density at radius 1 is 0.770 bits per heavy atom. The lowest BCUT2D eigenvalue weighted by molar-refractivity contribution is -0.253. The number of rotatable bonds is 17. The maximum Gasteiger partial charge on any atom is 0.224 e. The number of nitrogens with two attached hydrogens (primary N) is 1. The Hall–Kier alpha value is -5.07. The minimum atomic E-state index is -0.883. The van der Waals surface area contributed by atoms with Gasteiger partial charge in [-0.25, -0.2) is 0 Å². The van der Waals surface area contributed by atoms with Crippen molar-refractivity contribution in [3.63, 3.8) is 0 Å². The molecule has 10 nitrogen and oxygen atoms in total. The van der Waals surface area contributed by atoms with E-state index in [0.717, 1.165) is 77.7 Å². The number of nitrogens with one attached hydrogen (secondary N) is 2. The summed E-state index contributed by atoms with van der Waals surface area (Å²) in [7, 11) is 0. The van der Waals surface area contributed by atoms with E-state index in [-0.39, 0.29) is 30.6 Å². The number of carbonyl (C=O) groups is 2. The Kier molecular flexibility index (Phi) is 15.2. The molecule has 0 bridgehead atoms. The van der Waals surface area contributed by atoms with Crippen LogP contribution in [0.25, 0.3) is 11.1 Å². The maximum atomic E-state index is 12.8. The number of unbranched alkanes of at least 4 members (excludes halogenated alkanes) is 3. The number of aliphatic hydroxyl groups excluding tert-OH is 1. The van der Waals surface area contributed by atoms with Crippen molar-refractivity contribution >= 4 is 34.8 Å². The van der Waals surface area contributed by atoms with Gasteiger partial charge in [0.15, 0.2) is 6.29 Å². The number of piperidine rings is 1. The van der Waals surface area contributed by atoms with Crippen LogP contribution in [-0.2, 0) is 37.8 Å². The molecule has 0 aromatic heterocycles. The highest BCUT2D eigenvalue weighted by Crippen LogP contribution is 2.40.